The summed E-state index contributed by atoms with van der Waals surface area (Å²) in [5, 5.41) is 0. The smallest absolute Gasteiger partial charge is 0.306 e. The van der Waals surface area contributed by atoms with Gasteiger partial charge >= 0.3 is 17.9 Å². The van der Waals surface area contributed by atoms with Crippen LogP contribution in [0.15, 0.2) is 24.3 Å². The predicted octanol–water partition coefficient (Wildman–Crippen LogP) is 24.2. The van der Waals surface area contributed by atoms with Crippen LogP contribution in [0.25, 0.3) is 0 Å². The molecule has 0 bridgehead atoms. The molecule has 0 aliphatic heterocycles. The first-order chi connectivity index (χ1) is 38.5. The van der Waals surface area contributed by atoms with Gasteiger partial charge < -0.3 is 14.2 Å². The molecule has 0 rings (SSSR count). The Bertz CT molecular complexity index is 1260. The van der Waals surface area contributed by atoms with E-state index in [9.17, 15) is 14.4 Å². The van der Waals surface area contributed by atoms with Gasteiger partial charge in [0.25, 0.3) is 0 Å². The number of unbranched alkanes of at least 4 members (excludes halogenated alkanes) is 51. The summed E-state index contributed by atoms with van der Waals surface area (Å²) in [4.78, 5) is 38.1. The maximum atomic E-state index is 12.9. The zero-order valence-electron chi connectivity index (χ0n) is 53.0. The maximum Gasteiger partial charge on any atom is 0.306 e. The second-order valence-electron chi connectivity index (χ2n) is 24.1. The molecule has 78 heavy (non-hydrogen) atoms. The van der Waals surface area contributed by atoms with E-state index in [0.717, 1.165) is 57.8 Å². The number of hydrogen-bond donors (Lipinski definition) is 0. The zero-order chi connectivity index (χ0) is 56.4. The van der Waals surface area contributed by atoms with E-state index < -0.39 is 6.10 Å². The van der Waals surface area contributed by atoms with E-state index in [1.165, 1.54) is 302 Å². The molecule has 1 atom stereocenters. The first-order valence-electron chi connectivity index (χ1n) is 35.3. The monoisotopic (exact) mass is 1100 g/mol. The zero-order valence-corrected chi connectivity index (χ0v) is 53.0. The summed E-state index contributed by atoms with van der Waals surface area (Å²) in [6.07, 6.45) is 82.6. The number of ether oxygens (including phenoxy) is 3. The Morgan fingerprint density at radius 3 is 0.641 bits per heavy atom. The topological polar surface area (TPSA) is 78.9 Å². The molecule has 0 aromatic carbocycles. The third-order valence-corrected chi connectivity index (χ3v) is 16.2. The standard InChI is InChI=1S/C72H136O6/c1-4-7-10-13-16-18-20-22-24-26-28-30-32-34-36-38-40-42-44-46-48-50-52-54-56-59-62-65-71(74)77-68-69(67-76-70(73)64-61-58-15-12-9-6-3)78-72(75)66-63-60-57-55-53-51-49-47-45-43-41-39-37-35-33-31-29-27-25-23-21-19-17-14-11-8-5-2/h26-29,69H,4-25,30-68H2,1-3H3/b28-26-,29-27-. The fourth-order valence-corrected chi connectivity index (χ4v) is 10.8. The molecule has 0 saturated heterocycles. The number of rotatable bonds is 66. The van der Waals surface area contributed by atoms with Crippen LogP contribution in [-0.4, -0.2) is 37.2 Å². The van der Waals surface area contributed by atoms with Crippen LogP contribution in [0.3, 0.4) is 0 Å². The summed E-state index contributed by atoms with van der Waals surface area (Å²) in [6, 6.07) is 0. The predicted molar refractivity (Wildman–Crippen MR) is 340 cm³/mol. The van der Waals surface area contributed by atoms with Gasteiger partial charge in [0.2, 0.25) is 0 Å². The van der Waals surface area contributed by atoms with Crippen molar-refractivity contribution in [1.29, 1.82) is 0 Å². The quantitative estimate of drug-likeness (QED) is 0.0261. The number of esters is 3. The van der Waals surface area contributed by atoms with Crippen LogP contribution in [0.1, 0.15) is 400 Å². The minimum Gasteiger partial charge on any atom is -0.462 e. The van der Waals surface area contributed by atoms with Crippen LogP contribution in [0.4, 0.5) is 0 Å². The average molecular weight is 1100 g/mol. The maximum absolute atomic E-state index is 12.9. The highest BCUT2D eigenvalue weighted by atomic mass is 16.6. The molecule has 0 heterocycles. The van der Waals surface area contributed by atoms with Gasteiger partial charge in [-0.3, -0.25) is 14.4 Å². The van der Waals surface area contributed by atoms with Gasteiger partial charge in [-0.15, -0.1) is 0 Å². The van der Waals surface area contributed by atoms with E-state index in [4.69, 9.17) is 14.2 Å². The van der Waals surface area contributed by atoms with Crippen LogP contribution < -0.4 is 0 Å². The minimum atomic E-state index is -0.766. The number of carbonyl (C=O) groups excluding carboxylic acids is 3. The van der Waals surface area contributed by atoms with E-state index in [1.807, 2.05) is 0 Å². The molecular weight excluding hydrogens is 961 g/mol. The minimum absolute atomic E-state index is 0.0657. The van der Waals surface area contributed by atoms with Crippen molar-refractivity contribution in [1.82, 2.24) is 0 Å². The van der Waals surface area contributed by atoms with Gasteiger partial charge in [0, 0.05) is 19.3 Å². The summed E-state index contributed by atoms with van der Waals surface area (Å²) in [5.41, 5.74) is 0. The van der Waals surface area contributed by atoms with Gasteiger partial charge in [-0.1, -0.05) is 334 Å². The summed E-state index contributed by atoms with van der Waals surface area (Å²) < 4.78 is 16.9. The largest absolute Gasteiger partial charge is 0.462 e. The fourth-order valence-electron chi connectivity index (χ4n) is 10.8. The van der Waals surface area contributed by atoms with Gasteiger partial charge in [0.05, 0.1) is 0 Å². The molecule has 0 spiro atoms. The molecule has 0 amide bonds. The molecule has 0 aromatic heterocycles. The molecule has 0 saturated carbocycles. The van der Waals surface area contributed by atoms with Crippen molar-refractivity contribution in [2.75, 3.05) is 13.2 Å². The summed E-state index contributed by atoms with van der Waals surface area (Å²) in [5.74, 6) is -0.848. The van der Waals surface area contributed by atoms with Crippen molar-refractivity contribution in [3.05, 3.63) is 24.3 Å². The SMILES string of the molecule is CCCCCCCCCC/C=C\CCCCCCCCCCCCCCCCCC(=O)OCC(COC(=O)CCCCCCCC)OC(=O)CCCCCCCCCCCCCCCCC/C=C\CCCCCCCCCC. The van der Waals surface area contributed by atoms with Crippen molar-refractivity contribution in [3.8, 4) is 0 Å². The van der Waals surface area contributed by atoms with Gasteiger partial charge in [-0.2, -0.15) is 0 Å². The van der Waals surface area contributed by atoms with Crippen molar-refractivity contribution in [2.24, 2.45) is 0 Å². The highest BCUT2D eigenvalue weighted by Gasteiger charge is 2.19. The highest BCUT2D eigenvalue weighted by Crippen LogP contribution is 2.18. The van der Waals surface area contributed by atoms with Crippen molar-refractivity contribution in [2.45, 2.75) is 406 Å². The first-order valence-corrected chi connectivity index (χ1v) is 35.3. The van der Waals surface area contributed by atoms with Crippen molar-refractivity contribution >= 4 is 17.9 Å². The third kappa shape index (κ3) is 64.7. The lowest BCUT2D eigenvalue weighted by atomic mass is 10.0. The van der Waals surface area contributed by atoms with Crippen molar-refractivity contribution < 1.29 is 28.6 Å². The Morgan fingerprint density at radius 2 is 0.423 bits per heavy atom. The van der Waals surface area contributed by atoms with Crippen LogP contribution in [-0.2, 0) is 28.6 Å². The number of allylic oxidation sites excluding steroid dienone is 4. The Hall–Kier alpha value is -2.11. The Kier molecular flexibility index (Phi) is 65.6. The summed E-state index contributed by atoms with van der Waals surface area (Å²) >= 11 is 0. The average Bonchev–Trinajstić information content (AvgIpc) is 3.44. The van der Waals surface area contributed by atoms with Crippen LogP contribution in [0, 0.1) is 0 Å². The summed E-state index contributed by atoms with van der Waals surface area (Å²) in [6.45, 7) is 6.65. The van der Waals surface area contributed by atoms with Gasteiger partial charge in [0.15, 0.2) is 6.10 Å². The molecule has 0 aliphatic rings. The van der Waals surface area contributed by atoms with Crippen LogP contribution in [0.2, 0.25) is 0 Å². The molecule has 460 valence electrons. The lowest BCUT2D eigenvalue weighted by molar-refractivity contribution is -0.167. The molecular formula is C72H136O6. The Morgan fingerprint density at radius 1 is 0.244 bits per heavy atom. The second-order valence-corrected chi connectivity index (χ2v) is 24.1. The molecule has 1 unspecified atom stereocenters. The van der Waals surface area contributed by atoms with Gasteiger partial charge in [-0.05, 0) is 70.6 Å². The van der Waals surface area contributed by atoms with E-state index in [2.05, 4.69) is 45.1 Å². The normalized spacial score (nSPS) is 12.1. The molecule has 6 nitrogen and oxygen atoms in total. The molecule has 0 N–H and O–H groups in total. The second kappa shape index (κ2) is 67.4. The Balaban J connectivity index is 3.97. The Labute approximate surface area is 487 Å². The molecule has 0 aliphatic carbocycles. The van der Waals surface area contributed by atoms with E-state index in [0.29, 0.717) is 19.3 Å². The molecule has 0 fully saturated rings. The number of hydrogen-bond acceptors (Lipinski definition) is 6. The van der Waals surface area contributed by atoms with E-state index in [1.54, 1.807) is 0 Å². The van der Waals surface area contributed by atoms with Gasteiger partial charge in [0.1, 0.15) is 13.2 Å². The number of carbonyl (C=O) groups is 3. The molecule has 0 aromatic rings. The van der Waals surface area contributed by atoms with Gasteiger partial charge in [-0.25, -0.2) is 0 Å². The van der Waals surface area contributed by atoms with Crippen LogP contribution >= 0.6 is 0 Å². The van der Waals surface area contributed by atoms with Crippen molar-refractivity contribution in [3.63, 3.8) is 0 Å². The highest BCUT2D eigenvalue weighted by molar-refractivity contribution is 5.71. The van der Waals surface area contributed by atoms with E-state index >= 15 is 0 Å². The summed E-state index contributed by atoms with van der Waals surface area (Å²) in [7, 11) is 0. The molecule has 6 heteroatoms. The van der Waals surface area contributed by atoms with E-state index in [-0.39, 0.29) is 31.1 Å². The third-order valence-electron chi connectivity index (χ3n) is 16.2. The first kappa shape index (κ1) is 75.9. The molecule has 0 radical (unpaired) electrons. The fraction of sp³-hybridized carbons (Fsp3) is 0.903. The lowest BCUT2D eigenvalue weighted by Gasteiger charge is -2.18. The lowest BCUT2D eigenvalue weighted by Crippen LogP contribution is -2.30. The van der Waals surface area contributed by atoms with Crippen LogP contribution in [0.5, 0.6) is 0 Å².